The summed E-state index contributed by atoms with van der Waals surface area (Å²) in [7, 11) is 7.36. The number of aliphatic carboxylic acids is 2. The first-order chi connectivity index (χ1) is 29.6. The summed E-state index contributed by atoms with van der Waals surface area (Å²) < 4.78 is 45.0. The monoisotopic (exact) mass is 1100 g/mol. The van der Waals surface area contributed by atoms with Crippen molar-refractivity contribution < 1.29 is 76.3 Å². The van der Waals surface area contributed by atoms with E-state index >= 15 is 0 Å². The lowest BCUT2D eigenvalue weighted by molar-refractivity contribution is -0.149. The molecule has 4 aromatic carbocycles. The Morgan fingerprint density at radius 1 is 0.444 bits per heavy atom. The summed E-state index contributed by atoms with van der Waals surface area (Å²) in [6.07, 6.45) is 0. The van der Waals surface area contributed by atoms with Gasteiger partial charge in [-0.05, 0) is 83.9 Å². The van der Waals surface area contributed by atoms with Gasteiger partial charge < -0.3 is 43.4 Å². The lowest BCUT2D eigenvalue weighted by atomic mass is 10.3. The summed E-state index contributed by atoms with van der Waals surface area (Å²) in [5, 5.41) is 16.4. The molecule has 2 N–H and O–H groups in total. The number of halogens is 10. The minimum Gasteiger partial charge on any atom is -0.480 e. The fourth-order valence-corrected chi connectivity index (χ4v) is 4.98. The van der Waals surface area contributed by atoms with Gasteiger partial charge >= 0.3 is 23.9 Å². The average Bonchev–Trinajstić information content (AvgIpc) is 3.15. The van der Waals surface area contributed by atoms with Crippen LogP contribution in [0.25, 0.3) is 0 Å². The maximum absolute atomic E-state index is 12.4. The molecule has 0 heterocycles. The van der Waals surface area contributed by atoms with Gasteiger partial charge in [0.1, 0.15) is 51.1 Å². The predicted octanol–water partition coefficient (Wildman–Crippen LogP) is 10.5. The summed E-state index contributed by atoms with van der Waals surface area (Å²) in [5.41, 5.74) is 0. The molecule has 0 atom stereocenters. The Morgan fingerprint density at radius 2 is 0.730 bits per heavy atom. The van der Waals surface area contributed by atoms with Crippen molar-refractivity contribution in [1.82, 2.24) is 0 Å². The highest BCUT2D eigenvalue weighted by molar-refractivity contribution is 8.26. The van der Waals surface area contributed by atoms with Crippen molar-refractivity contribution in [3.63, 3.8) is 0 Å². The molecule has 0 saturated heterocycles. The fourth-order valence-electron chi connectivity index (χ4n) is 3.60. The number of rotatable bonds is 18. The van der Waals surface area contributed by atoms with Crippen LogP contribution in [-0.2, 0) is 52.2 Å². The van der Waals surface area contributed by atoms with Crippen LogP contribution >= 0.6 is 114 Å². The Kier molecular flexibility index (Phi) is 28.8. The Bertz CT molecular complexity index is 2050. The van der Waals surface area contributed by atoms with Crippen LogP contribution in [0.3, 0.4) is 0 Å². The van der Waals surface area contributed by atoms with Crippen LogP contribution < -0.4 is 18.9 Å². The van der Waals surface area contributed by atoms with Crippen LogP contribution in [0.5, 0.6) is 34.5 Å². The Morgan fingerprint density at radius 3 is 1.03 bits per heavy atom. The van der Waals surface area contributed by atoms with Crippen molar-refractivity contribution in [3.8, 4) is 34.5 Å². The van der Waals surface area contributed by atoms with E-state index in [1.807, 2.05) is 0 Å². The van der Waals surface area contributed by atoms with Crippen LogP contribution in [0.1, 0.15) is 0 Å². The number of hydrogen-bond acceptors (Lipinski definition) is 14. The number of carbonyl (C=O) groups excluding carboxylic acids is 4. The van der Waals surface area contributed by atoms with Gasteiger partial charge in [-0.25, -0.2) is 23.4 Å². The molecular weight excluding hydrogens is 1070 g/mol. The Labute approximate surface area is 408 Å². The quantitative estimate of drug-likeness (QED) is 0.0537. The zero-order chi connectivity index (χ0) is 47.6. The number of carboxylic acids is 2. The number of ether oxygens (including phenoxy) is 7. The van der Waals surface area contributed by atoms with Gasteiger partial charge in [-0.2, -0.15) is 0 Å². The minimum absolute atomic E-state index is 0.00118. The highest BCUT2D eigenvalue weighted by atomic mass is 36.0. The van der Waals surface area contributed by atoms with Gasteiger partial charge in [-0.3, -0.25) is 9.59 Å². The van der Waals surface area contributed by atoms with Gasteiger partial charge in [0, 0.05) is 53.6 Å². The van der Waals surface area contributed by atoms with Crippen molar-refractivity contribution >= 4 is 158 Å². The lowest BCUT2D eigenvalue weighted by Gasteiger charge is -2.14. The van der Waals surface area contributed by atoms with Crippen LogP contribution in [0.4, 0.5) is 0 Å². The van der Waals surface area contributed by atoms with E-state index in [0.29, 0.717) is 10.0 Å². The third kappa shape index (κ3) is 27.5. The number of hydrogen-bond donors (Lipinski definition) is 2. The van der Waals surface area contributed by atoms with Gasteiger partial charge in [0.05, 0.1) is 10.0 Å². The topological polar surface area (TPSA) is 225 Å². The fraction of sp³-hybridized carbons (Fsp3) is 0.167. The molecule has 0 radical (unpaired) electrons. The molecule has 27 heteroatoms. The first kappa shape index (κ1) is 57.6. The molecule has 0 spiro atoms. The number of benzene rings is 4. The van der Waals surface area contributed by atoms with Gasteiger partial charge in [0.15, 0.2) is 23.0 Å². The Hall–Kier alpha value is -3.37. The summed E-state index contributed by atoms with van der Waals surface area (Å²) in [5.74, 6) is -3.15. The van der Waals surface area contributed by atoms with E-state index < -0.39 is 70.0 Å². The second kappa shape index (κ2) is 31.5. The summed E-state index contributed by atoms with van der Waals surface area (Å²) >= 11 is 46.0. The van der Waals surface area contributed by atoms with Crippen molar-refractivity contribution in [2.75, 3.05) is 39.6 Å². The minimum atomic E-state index is -1.67. The van der Waals surface area contributed by atoms with Gasteiger partial charge in [0.2, 0.25) is 19.7 Å². The second-order valence-electron chi connectivity index (χ2n) is 10.6. The van der Waals surface area contributed by atoms with Gasteiger partial charge in [-0.1, -0.05) is 69.6 Å². The zero-order valence-corrected chi connectivity index (χ0v) is 39.3. The lowest BCUT2D eigenvalue weighted by Crippen LogP contribution is -2.21. The molecule has 0 fully saturated rings. The van der Waals surface area contributed by atoms with Crippen molar-refractivity contribution in [3.05, 3.63) is 103 Å². The molecule has 0 aromatic heterocycles. The number of carboxylic acid groups (broad SMARTS) is 2. The van der Waals surface area contributed by atoms with E-state index in [2.05, 4.69) is 30.8 Å². The van der Waals surface area contributed by atoms with Crippen molar-refractivity contribution in [1.29, 1.82) is 0 Å². The van der Waals surface area contributed by atoms with Crippen LogP contribution in [0, 0.1) is 0 Å². The SMILES string of the molecule is O=C(COCC(=O)Oc1cc(Cl)ccc1Oc1ccc(Cl)cc1Cl)Oc1cc(Cl)ccc1Oc1ccc(Cl)cc1Cl.O=C(Cl)COCC(=O)Cl.O=C(O)COCC(=O)O.O=S(Cl)Cl. The predicted molar refractivity (Wildman–Crippen MR) is 237 cm³/mol. The normalized spacial score (nSPS) is 10.1. The van der Waals surface area contributed by atoms with Crippen LogP contribution in [-0.4, -0.2) is 88.4 Å². The molecule has 0 aliphatic heterocycles. The standard InChI is InChI=1S/C28H16Cl6O7.C4H4Cl2O3.C4H6O5.Cl2OS/c29-15-1-5-21(19(33)9-15)38-23-7-3-17(31)11-25(23)40-27(35)13-37-14-28(36)41-26-12-18(32)4-8-24(26)39-22-6-2-16(30)10-20(22)34;5-3(7)1-9-2-4(6)8;5-3(6)1-9-2-4(7)8;1-4(2)3/h1-12H,13-14H2;1-2H2;1-2H2,(H,5,6)(H,7,8);. The highest BCUT2D eigenvalue weighted by Crippen LogP contribution is 2.39. The average molecular weight is 1100 g/mol. The van der Waals surface area contributed by atoms with Gasteiger partial charge in [0.25, 0.3) is 0 Å². The van der Waals surface area contributed by atoms with E-state index in [4.69, 9.17) is 131 Å². The van der Waals surface area contributed by atoms with E-state index in [1.165, 1.54) is 36.4 Å². The summed E-state index contributed by atoms with van der Waals surface area (Å²) in [6.45, 7) is -2.87. The molecule has 342 valence electrons. The van der Waals surface area contributed by atoms with Crippen molar-refractivity contribution in [2.45, 2.75) is 0 Å². The molecule has 16 nitrogen and oxygen atoms in total. The van der Waals surface area contributed by atoms with E-state index in [9.17, 15) is 28.8 Å². The molecule has 0 saturated carbocycles. The molecule has 63 heavy (non-hydrogen) atoms. The van der Waals surface area contributed by atoms with Crippen molar-refractivity contribution in [2.24, 2.45) is 0 Å². The largest absolute Gasteiger partial charge is 0.480 e. The van der Waals surface area contributed by atoms with E-state index in [1.54, 1.807) is 36.4 Å². The van der Waals surface area contributed by atoms with E-state index in [0.717, 1.165) is 0 Å². The molecule has 4 aromatic rings. The molecule has 0 aliphatic rings. The van der Waals surface area contributed by atoms with Gasteiger partial charge in [-0.15, -0.1) is 0 Å². The van der Waals surface area contributed by atoms with E-state index in [-0.39, 0.29) is 67.8 Å². The molecule has 0 aliphatic carbocycles. The third-order valence-corrected chi connectivity index (χ3v) is 7.56. The molecule has 0 unspecified atom stereocenters. The summed E-state index contributed by atoms with van der Waals surface area (Å²) in [4.78, 5) is 64.0. The first-order valence-electron chi connectivity index (χ1n) is 16.1. The number of esters is 2. The smallest absolute Gasteiger partial charge is 0.337 e. The number of carbonyl (C=O) groups is 6. The highest BCUT2D eigenvalue weighted by Gasteiger charge is 2.17. The Balaban J connectivity index is 0.000000739. The molecule has 0 amide bonds. The third-order valence-electron chi connectivity index (χ3n) is 5.81. The molecule has 0 bridgehead atoms. The summed E-state index contributed by atoms with van der Waals surface area (Å²) in [6, 6.07) is 18.1. The maximum Gasteiger partial charge on any atom is 0.337 e. The molecular formula is C36H26Cl10O16S. The maximum atomic E-state index is 12.4. The second-order valence-corrected chi connectivity index (χ2v) is 16.6. The zero-order valence-electron chi connectivity index (χ0n) is 31.0. The van der Waals surface area contributed by atoms with Crippen LogP contribution in [0.2, 0.25) is 30.1 Å². The molecule has 4 rings (SSSR count). The van der Waals surface area contributed by atoms with Crippen LogP contribution in [0.15, 0.2) is 72.8 Å². The first-order valence-corrected chi connectivity index (χ1v) is 21.9.